The smallest absolute Gasteiger partial charge is 0.337 e. The second-order valence-corrected chi connectivity index (χ2v) is 5.78. The van der Waals surface area contributed by atoms with Crippen molar-refractivity contribution in [2.75, 3.05) is 14.2 Å². The van der Waals surface area contributed by atoms with Crippen LogP contribution in [0.4, 0.5) is 0 Å². The van der Waals surface area contributed by atoms with Crippen LogP contribution in [0.25, 0.3) is 16.8 Å². The first-order chi connectivity index (χ1) is 12.3. The fraction of sp³-hybridized carbons (Fsp3) is 0.200. The normalized spacial score (nSPS) is 10.0. The van der Waals surface area contributed by atoms with E-state index in [1.165, 1.54) is 7.11 Å². The lowest BCUT2D eigenvalue weighted by Gasteiger charge is -2.09. The first-order valence-corrected chi connectivity index (χ1v) is 7.96. The Balaban J connectivity index is 0.000000195. The van der Waals surface area contributed by atoms with Crippen LogP contribution < -0.4 is 5.69 Å². The number of esters is 1. The van der Waals surface area contributed by atoms with Crippen molar-refractivity contribution in [3.05, 3.63) is 75.7 Å². The molecule has 1 aromatic heterocycles. The average Bonchev–Trinajstić information content (AvgIpc) is 3.00. The van der Waals surface area contributed by atoms with Crippen molar-refractivity contribution in [1.29, 1.82) is 0 Å². The molecular formula is C20H22N2O4. The van der Waals surface area contributed by atoms with Gasteiger partial charge in [0, 0.05) is 5.56 Å². The zero-order valence-electron chi connectivity index (χ0n) is 15.3. The first kappa shape index (κ1) is 19.1. The number of benzene rings is 2. The molecule has 6 nitrogen and oxygen atoms in total. The Hall–Kier alpha value is -3.28. The maximum absolute atomic E-state index is 11.2. The van der Waals surface area contributed by atoms with Crippen LogP contribution in [0.2, 0.25) is 0 Å². The van der Waals surface area contributed by atoms with Crippen LogP contribution in [0.3, 0.4) is 0 Å². The fourth-order valence-corrected chi connectivity index (χ4v) is 2.48. The van der Waals surface area contributed by atoms with Crippen molar-refractivity contribution >= 4 is 22.8 Å². The highest BCUT2D eigenvalue weighted by Gasteiger charge is 2.09. The third kappa shape index (κ3) is 4.42. The molecule has 0 aliphatic rings. The lowest BCUT2D eigenvalue weighted by molar-refractivity contribution is 0.0600. The van der Waals surface area contributed by atoms with Gasteiger partial charge in [-0.25, -0.2) is 9.59 Å². The number of H-pyrrole nitrogens is 2. The number of carbonyl (C=O) groups excluding carboxylic acids is 1. The number of rotatable bonds is 3. The van der Waals surface area contributed by atoms with E-state index in [2.05, 4.69) is 21.3 Å². The summed E-state index contributed by atoms with van der Waals surface area (Å²) in [6.07, 6.45) is 0. The molecule has 0 fully saturated rings. The highest BCUT2D eigenvalue weighted by molar-refractivity contribution is 5.90. The van der Waals surface area contributed by atoms with Gasteiger partial charge in [-0.05, 0) is 49.2 Å². The molecule has 6 heteroatoms. The molecule has 3 rings (SSSR count). The van der Waals surface area contributed by atoms with Gasteiger partial charge in [0.25, 0.3) is 0 Å². The van der Waals surface area contributed by atoms with E-state index in [-0.39, 0.29) is 11.7 Å². The van der Waals surface area contributed by atoms with Crippen LogP contribution in [0.5, 0.6) is 0 Å². The van der Waals surface area contributed by atoms with E-state index in [1.807, 2.05) is 32.0 Å². The van der Waals surface area contributed by atoms with Gasteiger partial charge in [0.1, 0.15) is 5.76 Å². The predicted octanol–water partition coefficient (Wildman–Crippen LogP) is 3.56. The Kier molecular flexibility index (Phi) is 6.01. The molecule has 0 radical (unpaired) electrons. The highest BCUT2D eigenvalue weighted by Crippen LogP contribution is 2.19. The average molecular weight is 354 g/mol. The van der Waals surface area contributed by atoms with Crippen LogP contribution in [-0.4, -0.2) is 30.2 Å². The minimum Gasteiger partial charge on any atom is -0.497 e. The molecule has 0 saturated carbocycles. The van der Waals surface area contributed by atoms with Crippen molar-refractivity contribution in [2.45, 2.75) is 13.8 Å². The van der Waals surface area contributed by atoms with E-state index in [4.69, 9.17) is 4.74 Å². The standard InChI is InChI=1S/C12H14O3.C8H8N2O/c1-8-7-10(12(13)15-4)5-6-11(8)9(2)14-3;1-5-2-3-6-7(4-5)10-8(11)9-6/h5-7H,2H2,1,3-4H3;2-4H,1H3,(H2,9,10,11). The van der Waals surface area contributed by atoms with Gasteiger partial charge in [-0.3, -0.25) is 0 Å². The molecule has 0 aliphatic heterocycles. The zero-order chi connectivity index (χ0) is 19.3. The number of carbonyl (C=O) groups is 1. The van der Waals surface area contributed by atoms with Gasteiger partial charge >= 0.3 is 11.7 Å². The molecule has 0 aliphatic carbocycles. The molecule has 0 atom stereocenters. The third-order valence-corrected chi connectivity index (χ3v) is 3.87. The molecule has 136 valence electrons. The number of aromatic amines is 2. The summed E-state index contributed by atoms with van der Waals surface area (Å²) in [5.41, 5.74) is 5.09. The maximum Gasteiger partial charge on any atom is 0.337 e. The summed E-state index contributed by atoms with van der Waals surface area (Å²) in [6, 6.07) is 11.0. The molecule has 0 amide bonds. The molecule has 3 aromatic rings. The molecule has 1 heterocycles. The minimum absolute atomic E-state index is 0.148. The minimum atomic E-state index is -0.340. The van der Waals surface area contributed by atoms with Crippen molar-refractivity contribution in [2.24, 2.45) is 0 Å². The number of hydrogen-bond donors (Lipinski definition) is 2. The summed E-state index contributed by atoms with van der Waals surface area (Å²) in [5.74, 6) is 0.247. The van der Waals surface area contributed by atoms with Gasteiger partial charge in [-0.2, -0.15) is 0 Å². The predicted molar refractivity (Wildman–Crippen MR) is 102 cm³/mol. The summed E-state index contributed by atoms with van der Waals surface area (Å²) >= 11 is 0. The molecule has 2 N–H and O–H groups in total. The van der Waals surface area contributed by atoms with Crippen molar-refractivity contribution in [3.63, 3.8) is 0 Å². The lowest BCUT2D eigenvalue weighted by atomic mass is 10.0. The Morgan fingerprint density at radius 1 is 0.962 bits per heavy atom. The van der Waals surface area contributed by atoms with Gasteiger partial charge < -0.3 is 19.4 Å². The van der Waals surface area contributed by atoms with Crippen molar-refractivity contribution in [1.82, 2.24) is 9.97 Å². The van der Waals surface area contributed by atoms with Crippen LogP contribution in [0.15, 0.2) is 47.8 Å². The SMILES string of the molecule is C=C(OC)c1ccc(C(=O)OC)cc1C.Cc1ccc2[nH]c(=O)[nH]c2c1. The Morgan fingerprint density at radius 3 is 2.27 bits per heavy atom. The Morgan fingerprint density at radius 2 is 1.65 bits per heavy atom. The first-order valence-electron chi connectivity index (χ1n) is 7.96. The molecule has 0 unspecified atom stereocenters. The topological polar surface area (TPSA) is 84.2 Å². The summed E-state index contributed by atoms with van der Waals surface area (Å²) in [4.78, 5) is 27.4. The van der Waals surface area contributed by atoms with E-state index in [1.54, 1.807) is 25.3 Å². The number of aryl methyl sites for hydroxylation is 2. The molecule has 2 aromatic carbocycles. The summed E-state index contributed by atoms with van der Waals surface area (Å²) in [6.45, 7) is 7.65. The number of ether oxygens (including phenoxy) is 2. The lowest BCUT2D eigenvalue weighted by Crippen LogP contribution is -2.02. The monoisotopic (exact) mass is 354 g/mol. The van der Waals surface area contributed by atoms with Gasteiger partial charge in [-0.15, -0.1) is 0 Å². The molecule has 26 heavy (non-hydrogen) atoms. The van der Waals surface area contributed by atoms with E-state index < -0.39 is 0 Å². The van der Waals surface area contributed by atoms with Crippen LogP contribution >= 0.6 is 0 Å². The van der Waals surface area contributed by atoms with Gasteiger partial charge in [0.05, 0.1) is 30.8 Å². The summed E-state index contributed by atoms with van der Waals surface area (Å²) < 4.78 is 9.66. The molecule has 0 spiro atoms. The van der Waals surface area contributed by atoms with Gasteiger partial charge in [-0.1, -0.05) is 18.7 Å². The van der Waals surface area contributed by atoms with Gasteiger partial charge in [0.15, 0.2) is 0 Å². The quantitative estimate of drug-likeness (QED) is 0.556. The Bertz CT molecular complexity index is 998. The third-order valence-electron chi connectivity index (χ3n) is 3.87. The van der Waals surface area contributed by atoms with E-state index in [9.17, 15) is 9.59 Å². The van der Waals surface area contributed by atoms with Gasteiger partial charge in [0.2, 0.25) is 0 Å². The Labute approximate surface area is 151 Å². The number of methoxy groups -OCH3 is 2. The number of hydrogen-bond acceptors (Lipinski definition) is 4. The number of aromatic nitrogens is 2. The molecule has 0 saturated heterocycles. The van der Waals surface area contributed by atoms with E-state index in [0.29, 0.717) is 11.3 Å². The van der Waals surface area contributed by atoms with E-state index in [0.717, 1.165) is 27.7 Å². The summed E-state index contributed by atoms with van der Waals surface area (Å²) in [5, 5.41) is 0. The number of imidazole rings is 1. The molecular weight excluding hydrogens is 332 g/mol. The van der Waals surface area contributed by atoms with Crippen LogP contribution in [0, 0.1) is 13.8 Å². The molecule has 0 bridgehead atoms. The second-order valence-electron chi connectivity index (χ2n) is 5.78. The highest BCUT2D eigenvalue weighted by atomic mass is 16.5. The fourth-order valence-electron chi connectivity index (χ4n) is 2.48. The number of fused-ring (bicyclic) bond motifs is 1. The van der Waals surface area contributed by atoms with Crippen LogP contribution in [-0.2, 0) is 9.47 Å². The van der Waals surface area contributed by atoms with Crippen LogP contribution in [0.1, 0.15) is 27.0 Å². The largest absolute Gasteiger partial charge is 0.497 e. The van der Waals surface area contributed by atoms with Crippen molar-refractivity contribution < 1.29 is 14.3 Å². The number of nitrogens with one attached hydrogen (secondary N) is 2. The zero-order valence-corrected chi connectivity index (χ0v) is 15.3. The van der Waals surface area contributed by atoms with E-state index >= 15 is 0 Å². The van der Waals surface area contributed by atoms with Crippen molar-refractivity contribution in [3.8, 4) is 0 Å². The maximum atomic E-state index is 11.2. The second kappa shape index (κ2) is 8.20. The summed E-state index contributed by atoms with van der Waals surface area (Å²) in [7, 11) is 2.93.